The third-order valence-electron chi connectivity index (χ3n) is 11.2. The van der Waals surface area contributed by atoms with Crippen molar-refractivity contribution in [1.82, 2.24) is 0 Å². The number of fused-ring (bicyclic) bond motifs is 11. The second kappa shape index (κ2) is 11.4. The topological polar surface area (TPSA) is 0 Å². The Labute approximate surface area is 301 Å². The molecular weight excluding hydrogens is 625 g/mol. The summed E-state index contributed by atoms with van der Waals surface area (Å²) in [4.78, 5) is 0. The van der Waals surface area contributed by atoms with E-state index in [1.165, 1.54) is 109 Å². The number of benzene rings is 11. The van der Waals surface area contributed by atoms with Gasteiger partial charge in [-0.25, -0.2) is 0 Å². The van der Waals surface area contributed by atoms with E-state index in [9.17, 15) is 0 Å². The third kappa shape index (κ3) is 4.16. The van der Waals surface area contributed by atoms with Crippen LogP contribution in [0, 0.1) is 0 Å². The predicted octanol–water partition coefficient (Wildman–Crippen LogP) is 14.8. The van der Waals surface area contributed by atoms with Crippen LogP contribution in [0.1, 0.15) is 0 Å². The van der Waals surface area contributed by atoms with E-state index in [-0.39, 0.29) is 0 Å². The van der Waals surface area contributed by atoms with Crippen molar-refractivity contribution < 1.29 is 0 Å². The second-order valence-corrected chi connectivity index (χ2v) is 13.9. The van der Waals surface area contributed by atoms with Gasteiger partial charge in [0.25, 0.3) is 0 Å². The Bertz CT molecular complexity index is 3170. The summed E-state index contributed by atoms with van der Waals surface area (Å²) < 4.78 is 0. The molecular formula is C52H32. The maximum absolute atomic E-state index is 2.49. The Hall–Kier alpha value is -6.76. The largest absolute Gasteiger partial charge is 0.0622 e. The van der Waals surface area contributed by atoms with Crippen LogP contribution in [0.15, 0.2) is 194 Å². The van der Waals surface area contributed by atoms with Gasteiger partial charge in [-0.05, 0) is 115 Å². The highest BCUT2D eigenvalue weighted by Crippen LogP contribution is 2.49. The molecule has 0 radical (unpaired) electrons. The van der Waals surface area contributed by atoms with E-state index in [2.05, 4.69) is 194 Å². The van der Waals surface area contributed by atoms with Crippen LogP contribution in [0.3, 0.4) is 0 Å². The summed E-state index contributed by atoms with van der Waals surface area (Å²) in [7, 11) is 0. The van der Waals surface area contributed by atoms with E-state index in [4.69, 9.17) is 0 Å². The molecule has 0 N–H and O–H groups in total. The van der Waals surface area contributed by atoms with Crippen LogP contribution in [0.5, 0.6) is 0 Å². The van der Waals surface area contributed by atoms with Crippen molar-refractivity contribution in [2.45, 2.75) is 0 Å². The van der Waals surface area contributed by atoms with Gasteiger partial charge in [0.05, 0.1) is 0 Å². The number of hydrogen-bond acceptors (Lipinski definition) is 0. The van der Waals surface area contributed by atoms with Gasteiger partial charge in [-0.1, -0.05) is 188 Å². The Kier molecular flexibility index (Phi) is 6.35. The minimum atomic E-state index is 1.23. The Morgan fingerprint density at radius 1 is 0.192 bits per heavy atom. The zero-order valence-corrected chi connectivity index (χ0v) is 28.5. The first-order valence-electron chi connectivity index (χ1n) is 18.1. The van der Waals surface area contributed by atoms with Crippen LogP contribution >= 0.6 is 0 Å². The molecule has 0 aromatic heterocycles. The maximum Gasteiger partial charge on any atom is -0.00199 e. The Morgan fingerprint density at radius 3 is 1.06 bits per heavy atom. The highest BCUT2D eigenvalue weighted by molar-refractivity contribution is 6.35. The first kappa shape index (κ1) is 29.0. The van der Waals surface area contributed by atoms with Gasteiger partial charge in [0, 0.05) is 0 Å². The van der Waals surface area contributed by atoms with Crippen LogP contribution < -0.4 is 0 Å². The van der Waals surface area contributed by atoms with Gasteiger partial charge >= 0.3 is 0 Å². The van der Waals surface area contributed by atoms with E-state index in [0.29, 0.717) is 0 Å². The lowest BCUT2D eigenvalue weighted by Crippen LogP contribution is -1.94. The second-order valence-electron chi connectivity index (χ2n) is 13.9. The summed E-state index contributed by atoms with van der Waals surface area (Å²) in [5.41, 5.74) is 7.59. The first-order chi connectivity index (χ1) is 25.8. The molecule has 0 aliphatic carbocycles. The molecule has 0 unspecified atom stereocenters. The zero-order valence-electron chi connectivity index (χ0n) is 28.5. The monoisotopic (exact) mass is 656 g/mol. The molecule has 0 bridgehead atoms. The highest BCUT2D eigenvalue weighted by atomic mass is 14.2. The van der Waals surface area contributed by atoms with Gasteiger partial charge in [0.1, 0.15) is 0 Å². The van der Waals surface area contributed by atoms with Crippen LogP contribution in [0.2, 0.25) is 0 Å². The molecule has 0 saturated carbocycles. The van der Waals surface area contributed by atoms with Crippen LogP contribution in [-0.4, -0.2) is 0 Å². The van der Waals surface area contributed by atoms with E-state index >= 15 is 0 Å². The van der Waals surface area contributed by atoms with Gasteiger partial charge < -0.3 is 0 Å². The predicted molar refractivity (Wildman–Crippen MR) is 225 cm³/mol. The SMILES string of the molecule is c1ccc(-c2ccc(-c3c4ccccc4c(-c4cc5c6ccccc6c6ccccc6c5c5ccccc45)c4ccccc34)c3ccccc23)cc1. The molecule has 0 nitrogen and oxygen atoms in total. The smallest absolute Gasteiger partial charge is 0.00199 e. The summed E-state index contributed by atoms with van der Waals surface area (Å²) in [6.45, 7) is 0. The minimum Gasteiger partial charge on any atom is -0.0622 e. The van der Waals surface area contributed by atoms with Crippen molar-refractivity contribution >= 4 is 75.4 Å². The molecule has 11 aromatic carbocycles. The lowest BCUT2D eigenvalue weighted by atomic mass is 9.81. The maximum atomic E-state index is 2.49. The molecule has 0 heteroatoms. The third-order valence-corrected chi connectivity index (χ3v) is 11.2. The van der Waals surface area contributed by atoms with Gasteiger partial charge in [0.2, 0.25) is 0 Å². The molecule has 0 spiro atoms. The molecule has 0 saturated heterocycles. The van der Waals surface area contributed by atoms with E-state index in [1.807, 2.05) is 0 Å². The van der Waals surface area contributed by atoms with E-state index < -0.39 is 0 Å². The van der Waals surface area contributed by atoms with E-state index in [1.54, 1.807) is 0 Å². The lowest BCUT2D eigenvalue weighted by Gasteiger charge is -2.21. The summed E-state index contributed by atoms with van der Waals surface area (Å²) in [6, 6.07) is 71.8. The minimum absolute atomic E-state index is 1.23. The molecule has 0 amide bonds. The average molecular weight is 657 g/mol. The van der Waals surface area contributed by atoms with Crippen molar-refractivity contribution in [3.05, 3.63) is 194 Å². The fourth-order valence-corrected chi connectivity index (χ4v) is 9.07. The van der Waals surface area contributed by atoms with Crippen LogP contribution in [-0.2, 0) is 0 Å². The molecule has 0 heterocycles. The molecule has 52 heavy (non-hydrogen) atoms. The van der Waals surface area contributed by atoms with Gasteiger partial charge in [-0.2, -0.15) is 0 Å². The van der Waals surface area contributed by atoms with E-state index in [0.717, 1.165) is 0 Å². The van der Waals surface area contributed by atoms with Crippen molar-refractivity contribution in [2.75, 3.05) is 0 Å². The Morgan fingerprint density at radius 2 is 0.519 bits per heavy atom. The summed E-state index contributed by atoms with van der Waals surface area (Å²) in [5.74, 6) is 0. The number of rotatable bonds is 3. The summed E-state index contributed by atoms with van der Waals surface area (Å²) in [6.07, 6.45) is 0. The quantitative estimate of drug-likeness (QED) is 0.131. The summed E-state index contributed by atoms with van der Waals surface area (Å²) >= 11 is 0. The highest BCUT2D eigenvalue weighted by Gasteiger charge is 2.22. The fraction of sp³-hybridized carbons (Fsp3) is 0. The fourth-order valence-electron chi connectivity index (χ4n) is 9.07. The van der Waals surface area contributed by atoms with Crippen molar-refractivity contribution in [3.63, 3.8) is 0 Å². The van der Waals surface area contributed by atoms with Gasteiger partial charge in [-0.3, -0.25) is 0 Å². The standard InChI is InChI=1S/C52H32/c1-2-16-33(17-3-1)34-30-31-47(37-20-6-4-18-35(34)37)50-43-26-12-14-28-45(43)52(46-29-15-13-27-44(46)50)49-32-48-39-22-7-5-19-36(39)38-21-8-10-24-41(38)51(48)42-25-11-9-23-40(42)49/h1-32H. The van der Waals surface area contributed by atoms with Gasteiger partial charge in [0.15, 0.2) is 0 Å². The van der Waals surface area contributed by atoms with Crippen molar-refractivity contribution in [1.29, 1.82) is 0 Å². The van der Waals surface area contributed by atoms with Crippen LogP contribution in [0.25, 0.3) is 109 Å². The first-order valence-corrected chi connectivity index (χ1v) is 18.1. The molecule has 11 rings (SSSR count). The van der Waals surface area contributed by atoms with Gasteiger partial charge in [-0.15, -0.1) is 0 Å². The summed E-state index contributed by atoms with van der Waals surface area (Å²) in [5, 5.41) is 18.0. The normalized spacial score (nSPS) is 11.8. The molecule has 0 atom stereocenters. The van der Waals surface area contributed by atoms with Crippen molar-refractivity contribution in [3.8, 4) is 33.4 Å². The number of hydrogen-bond donors (Lipinski definition) is 0. The Balaban J connectivity index is 1.29. The molecule has 0 aliphatic heterocycles. The zero-order chi connectivity index (χ0) is 34.2. The molecule has 240 valence electrons. The molecule has 0 aliphatic rings. The van der Waals surface area contributed by atoms with Crippen LogP contribution in [0.4, 0.5) is 0 Å². The lowest BCUT2D eigenvalue weighted by molar-refractivity contribution is 1.64. The average Bonchev–Trinajstić information content (AvgIpc) is 3.22. The molecule has 11 aromatic rings. The van der Waals surface area contributed by atoms with Crippen molar-refractivity contribution in [2.24, 2.45) is 0 Å². The molecule has 0 fully saturated rings.